The van der Waals surface area contributed by atoms with Crippen molar-refractivity contribution in [3.05, 3.63) is 36.2 Å². The van der Waals surface area contributed by atoms with Gasteiger partial charge in [-0.25, -0.2) is 0 Å². The Bertz CT molecular complexity index is 747. The van der Waals surface area contributed by atoms with Crippen molar-refractivity contribution in [2.75, 3.05) is 6.54 Å². The van der Waals surface area contributed by atoms with E-state index in [2.05, 4.69) is 10.1 Å². The van der Waals surface area contributed by atoms with Gasteiger partial charge in [-0.3, -0.25) is 14.5 Å². The largest absolute Gasteiger partial charge is 0.339 e. The molecular formula is C19H21N3O3. The van der Waals surface area contributed by atoms with Gasteiger partial charge in [0, 0.05) is 18.5 Å². The van der Waals surface area contributed by atoms with Gasteiger partial charge in [0.15, 0.2) is 0 Å². The number of aryl methyl sites for hydroxylation is 1. The highest BCUT2D eigenvalue weighted by atomic mass is 16.5. The van der Waals surface area contributed by atoms with Crippen molar-refractivity contribution in [3.8, 4) is 11.4 Å². The molecular weight excluding hydrogens is 318 g/mol. The van der Waals surface area contributed by atoms with Crippen LogP contribution in [0.25, 0.3) is 11.4 Å². The van der Waals surface area contributed by atoms with E-state index < -0.39 is 0 Å². The number of fused-ring (bicyclic) bond motifs is 1. The van der Waals surface area contributed by atoms with Crippen LogP contribution in [-0.4, -0.2) is 33.4 Å². The van der Waals surface area contributed by atoms with Crippen LogP contribution in [0, 0.1) is 11.8 Å². The van der Waals surface area contributed by atoms with Gasteiger partial charge in [-0.15, -0.1) is 0 Å². The van der Waals surface area contributed by atoms with Gasteiger partial charge in [-0.1, -0.05) is 48.3 Å². The highest BCUT2D eigenvalue weighted by molar-refractivity contribution is 6.05. The maximum absolute atomic E-state index is 12.4. The summed E-state index contributed by atoms with van der Waals surface area (Å²) in [6.07, 6.45) is 5.03. The molecule has 2 amide bonds. The SMILES string of the molecule is O=C1[C@@H]2CCCC[C@H]2C(=O)N1CCCc1nc(-c2ccccc2)no1. The molecule has 0 N–H and O–H groups in total. The fraction of sp³-hybridized carbons (Fsp3) is 0.474. The van der Waals surface area contributed by atoms with E-state index in [1.807, 2.05) is 30.3 Å². The summed E-state index contributed by atoms with van der Waals surface area (Å²) in [4.78, 5) is 30.7. The van der Waals surface area contributed by atoms with Crippen LogP contribution in [0.1, 0.15) is 38.0 Å². The van der Waals surface area contributed by atoms with Crippen molar-refractivity contribution in [1.29, 1.82) is 0 Å². The Kier molecular flexibility index (Phi) is 4.34. The van der Waals surface area contributed by atoms with Gasteiger partial charge in [0.2, 0.25) is 23.5 Å². The quantitative estimate of drug-likeness (QED) is 0.783. The molecule has 4 rings (SSSR count). The second kappa shape index (κ2) is 6.78. The first-order valence-electron chi connectivity index (χ1n) is 8.97. The van der Waals surface area contributed by atoms with Crippen LogP contribution in [0.3, 0.4) is 0 Å². The van der Waals surface area contributed by atoms with Crippen LogP contribution in [0.2, 0.25) is 0 Å². The predicted octanol–water partition coefficient (Wildman–Crippen LogP) is 2.84. The smallest absolute Gasteiger partial charge is 0.233 e. The molecule has 2 aromatic rings. The molecule has 0 radical (unpaired) electrons. The number of benzene rings is 1. The lowest BCUT2D eigenvalue weighted by Crippen LogP contribution is -2.32. The number of aromatic nitrogens is 2. The predicted molar refractivity (Wildman–Crippen MR) is 90.2 cm³/mol. The molecule has 6 nitrogen and oxygen atoms in total. The molecule has 2 fully saturated rings. The molecule has 0 spiro atoms. The van der Waals surface area contributed by atoms with E-state index in [1.54, 1.807) is 0 Å². The van der Waals surface area contributed by atoms with Gasteiger partial charge in [0.1, 0.15) is 0 Å². The molecule has 1 aromatic carbocycles. The first-order valence-corrected chi connectivity index (χ1v) is 8.97. The Balaban J connectivity index is 1.34. The van der Waals surface area contributed by atoms with Crippen LogP contribution in [0.15, 0.2) is 34.9 Å². The third kappa shape index (κ3) is 3.08. The number of carbonyl (C=O) groups excluding carboxylic acids is 2. The Labute approximate surface area is 146 Å². The first-order chi connectivity index (χ1) is 12.2. The minimum atomic E-state index is -0.0747. The maximum Gasteiger partial charge on any atom is 0.233 e. The molecule has 1 saturated carbocycles. The van der Waals surface area contributed by atoms with E-state index in [-0.39, 0.29) is 23.7 Å². The fourth-order valence-electron chi connectivity index (χ4n) is 3.90. The van der Waals surface area contributed by atoms with E-state index in [4.69, 9.17) is 4.52 Å². The van der Waals surface area contributed by atoms with Gasteiger partial charge in [-0.05, 0) is 19.3 Å². The lowest BCUT2D eigenvalue weighted by molar-refractivity contribution is -0.139. The average molecular weight is 339 g/mol. The van der Waals surface area contributed by atoms with Gasteiger partial charge in [-0.2, -0.15) is 4.98 Å². The lowest BCUT2D eigenvalue weighted by atomic mass is 9.81. The number of imide groups is 1. The van der Waals surface area contributed by atoms with E-state index in [1.165, 1.54) is 4.90 Å². The lowest BCUT2D eigenvalue weighted by Gasteiger charge is -2.19. The number of amides is 2. The Morgan fingerprint density at radius 3 is 2.40 bits per heavy atom. The molecule has 6 heteroatoms. The number of nitrogens with zero attached hydrogens (tertiary/aromatic N) is 3. The number of likely N-dealkylation sites (tertiary alicyclic amines) is 1. The van der Waals surface area contributed by atoms with Gasteiger partial charge >= 0.3 is 0 Å². The monoisotopic (exact) mass is 339 g/mol. The molecule has 0 unspecified atom stereocenters. The molecule has 0 bridgehead atoms. The van der Waals surface area contributed by atoms with Gasteiger partial charge in [0.05, 0.1) is 11.8 Å². The van der Waals surface area contributed by atoms with Crippen LogP contribution < -0.4 is 0 Å². The first kappa shape index (κ1) is 16.0. The summed E-state index contributed by atoms with van der Waals surface area (Å²) >= 11 is 0. The van der Waals surface area contributed by atoms with Crippen molar-refractivity contribution in [3.63, 3.8) is 0 Å². The minimum absolute atomic E-state index is 0.0187. The fourth-order valence-corrected chi connectivity index (χ4v) is 3.90. The summed E-state index contributed by atoms with van der Waals surface area (Å²) in [5, 5.41) is 3.99. The maximum atomic E-state index is 12.4. The summed E-state index contributed by atoms with van der Waals surface area (Å²) in [5.41, 5.74) is 0.909. The van der Waals surface area contributed by atoms with Gasteiger partial charge in [0.25, 0.3) is 0 Å². The average Bonchev–Trinajstić information content (AvgIpc) is 3.22. The molecule has 2 atom stereocenters. The molecule has 2 aliphatic rings. The van der Waals surface area contributed by atoms with Crippen molar-refractivity contribution < 1.29 is 14.1 Å². The summed E-state index contributed by atoms with van der Waals surface area (Å²) < 4.78 is 5.28. The van der Waals surface area contributed by atoms with Crippen LogP contribution >= 0.6 is 0 Å². The summed E-state index contributed by atoms with van der Waals surface area (Å²) in [6, 6.07) is 9.65. The van der Waals surface area contributed by atoms with Crippen molar-refractivity contribution in [2.24, 2.45) is 11.8 Å². The van der Waals surface area contributed by atoms with E-state index in [0.29, 0.717) is 31.1 Å². The highest BCUT2D eigenvalue weighted by Gasteiger charge is 2.47. The molecule has 1 aliphatic heterocycles. The zero-order chi connectivity index (χ0) is 17.2. The molecule has 1 aliphatic carbocycles. The van der Waals surface area contributed by atoms with Crippen LogP contribution in [-0.2, 0) is 16.0 Å². The van der Waals surface area contributed by atoms with Crippen LogP contribution in [0.5, 0.6) is 0 Å². The normalized spacial score (nSPS) is 23.1. The molecule has 25 heavy (non-hydrogen) atoms. The van der Waals surface area contributed by atoms with Crippen molar-refractivity contribution >= 4 is 11.8 Å². The number of hydrogen-bond acceptors (Lipinski definition) is 5. The summed E-state index contributed by atoms with van der Waals surface area (Å²) in [5.74, 6) is 0.990. The molecule has 130 valence electrons. The third-order valence-electron chi connectivity index (χ3n) is 5.20. The topological polar surface area (TPSA) is 76.3 Å². The number of hydrogen-bond donors (Lipinski definition) is 0. The Hall–Kier alpha value is -2.50. The molecule has 2 heterocycles. The Morgan fingerprint density at radius 2 is 1.72 bits per heavy atom. The molecule has 1 aromatic heterocycles. The van der Waals surface area contributed by atoms with Crippen molar-refractivity contribution in [1.82, 2.24) is 15.0 Å². The standard InChI is InChI=1S/C19H21N3O3/c23-18-14-9-4-5-10-15(14)19(24)22(18)12-6-11-16-20-17(21-25-16)13-7-2-1-3-8-13/h1-3,7-8,14-15H,4-6,9-12H2/t14-,15-/m1/s1. The summed E-state index contributed by atoms with van der Waals surface area (Å²) in [6.45, 7) is 0.438. The van der Waals surface area contributed by atoms with Crippen LogP contribution in [0.4, 0.5) is 0 Å². The summed E-state index contributed by atoms with van der Waals surface area (Å²) in [7, 11) is 0. The van der Waals surface area contributed by atoms with E-state index in [0.717, 1.165) is 31.2 Å². The van der Waals surface area contributed by atoms with Crippen molar-refractivity contribution in [2.45, 2.75) is 38.5 Å². The van der Waals surface area contributed by atoms with Gasteiger partial charge < -0.3 is 4.52 Å². The number of rotatable bonds is 5. The number of carbonyl (C=O) groups is 2. The molecule has 1 saturated heterocycles. The zero-order valence-electron chi connectivity index (χ0n) is 14.1. The Morgan fingerprint density at radius 1 is 1.04 bits per heavy atom. The van der Waals surface area contributed by atoms with E-state index >= 15 is 0 Å². The second-order valence-electron chi connectivity index (χ2n) is 6.81. The zero-order valence-corrected chi connectivity index (χ0v) is 14.1. The van der Waals surface area contributed by atoms with E-state index in [9.17, 15) is 9.59 Å². The third-order valence-corrected chi connectivity index (χ3v) is 5.20. The second-order valence-corrected chi connectivity index (χ2v) is 6.81. The highest BCUT2D eigenvalue weighted by Crippen LogP contribution is 2.38. The minimum Gasteiger partial charge on any atom is -0.339 e.